The number of hydrogen-bond donors (Lipinski definition) is 1. The molecule has 0 bridgehead atoms. The number of aryl methyl sites for hydroxylation is 1. The highest BCUT2D eigenvalue weighted by molar-refractivity contribution is 7.89. The third-order valence-corrected chi connectivity index (χ3v) is 5.40. The number of halogens is 1. The van der Waals surface area contributed by atoms with E-state index in [-0.39, 0.29) is 36.7 Å². The highest BCUT2D eigenvalue weighted by Crippen LogP contribution is 2.37. The van der Waals surface area contributed by atoms with Crippen molar-refractivity contribution in [2.24, 2.45) is 5.73 Å². The van der Waals surface area contributed by atoms with Gasteiger partial charge >= 0.3 is 0 Å². The monoisotopic (exact) mass is 322 g/mol. The SMILES string of the molecule is Cc1cc2c(cc1S(=O)(=O)N(C)C(C)CN)OCO2.Cl. The fraction of sp³-hybridized carbons (Fsp3) is 0.500. The highest BCUT2D eigenvalue weighted by atomic mass is 35.5. The number of hydrogen-bond acceptors (Lipinski definition) is 5. The fourth-order valence-electron chi connectivity index (χ4n) is 1.84. The zero-order chi connectivity index (χ0) is 14.2. The molecule has 6 nitrogen and oxygen atoms in total. The Bertz CT molecular complexity index is 591. The number of ether oxygens (including phenoxy) is 2. The molecule has 1 aromatic rings. The van der Waals surface area contributed by atoms with Crippen LogP contribution in [0.4, 0.5) is 0 Å². The minimum atomic E-state index is -3.58. The summed E-state index contributed by atoms with van der Waals surface area (Å²) in [6, 6.07) is 2.91. The number of sulfonamides is 1. The molecule has 1 aliphatic heterocycles. The normalized spacial score (nSPS) is 15.1. The lowest BCUT2D eigenvalue weighted by molar-refractivity contribution is 0.174. The molecule has 114 valence electrons. The highest BCUT2D eigenvalue weighted by Gasteiger charge is 2.28. The Kier molecular flexibility index (Phi) is 5.26. The van der Waals surface area contributed by atoms with E-state index >= 15 is 0 Å². The summed E-state index contributed by atoms with van der Waals surface area (Å²) in [5, 5.41) is 0. The molecule has 0 saturated carbocycles. The van der Waals surface area contributed by atoms with Gasteiger partial charge in [0, 0.05) is 25.7 Å². The Labute approximate surface area is 125 Å². The van der Waals surface area contributed by atoms with Gasteiger partial charge in [-0.3, -0.25) is 0 Å². The van der Waals surface area contributed by atoms with Crippen LogP contribution in [0.3, 0.4) is 0 Å². The molecule has 1 atom stereocenters. The minimum absolute atomic E-state index is 0. The predicted molar refractivity (Wildman–Crippen MR) is 78.0 cm³/mol. The maximum absolute atomic E-state index is 12.5. The molecule has 1 aliphatic rings. The topological polar surface area (TPSA) is 81.9 Å². The molecule has 2 rings (SSSR count). The van der Waals surface area contributed by atoms with Crippen LogP contribution >= 0.6 is 12.4 Å². The molecule has 0 aromatic heterocycles. The van der Waals surface area contributed by atoms with Crippen LogP contribution in [0, 0.1) is 6.92 Å². The zero-order valence-electron chi connectivity index (χ0n) is 11.6. The molecule has 2 N–H and O–H groups in total. The lowest BCUT2D eigenvalue weighted by atomic mass is 10.2. The number of nitrogens with two attached hydrogens (primary N) is 1. The van der Waals surface area contributed by atoms with Crippen molar-refractivity contribution in [3.63, 3.8) is 0 Å². The van der Waals surface area contributed by atoms with Crippen molar-refractivity contribution >= 4 is 22.4 Å². The first kappa shape index (κ1) is 17.0. The standard InChI is InChI=1S/C12H18N2O4S.ClH/c1-8-4-10-11(18-7-17-10)5-12(8)19(15,16)14(3)9(2)6-13;/h4-5,9H,6-7,13H2,1-3H3;1H. The number of nitrogens with zero attached hydrogens (tertiary/aromatic N) is 1. The minimum Gasteiger partial charge on any atom is -0.454 e. The maximum atomic E-state index is 12.5. The first-order valence-electron chi connectivity index (χ1n) is 5.96. The molecule has 0 fully saturated rings. The molecule has 0 amide bonds. The molecule has 20 heavy (non-hydrogen) atoms. The van der Waals surface area contributed by atoms with Crippen LogP contribution in [-0.4, -0.2) is 39.2 Å². The summed E-state index contributed by atoms with van der Waals surface area (Å²) >= 11 is 0. The van der Waals surface area contributed by atoms with Crippen LogP contribution in [0.25, 0.3) is 0 Å². The smallest absolute Gasteiger partial charge is 0.243 e. The van der Waals surface area contributed by atoms with Gasteiger partial charge in [-0.15, -0.1) is 12.4 Å². The van der Waals surface area contributed by atoms with Crippen LogP contribution in [-0.2, 0) is 10.0 Å². The van der Waals surface area contributed by atoms with Gasteiger partial charge in [0.1, 0.15) is 0 Å². The first-order chi connectivity index (χ1) is 8.87. The van der Waals surface area contributed by atoms with Gasteiger partial charge in [0.25, 0.3) is 0 Å². The summed E-state index contributed by atoms with van der Waals surface area (Å²) in [5.41, 5.74) is 6.15. The van der Waals surface area contributed by atoms with Crippen LogP contribution in [0.15, 0.2) is 17.0 Å². The van der Waals surface area contributed by atoms with E-state index in [1.54, 1.807) is 19.9 Å². The lowest BCUT2D eigenvalue weighted by Crippen LogP contribution is -2.39. The van der Waals surface area contributed by atoms with E-state index in [1.807, 2.05) is 0 Å². The molecule has 8 heteroatoms. The fourth-order valence-corrected chi connectivity index (χ4v) is 3.44. The summed E-state index contributed by atoms with van der Waals surface area (Å²) in [7, 11) is -2.06. The lowest BCUT2D eigenvalue weighted by Gasteiger charge is -2.24. The number of rotatable bonds is 4. The average Bonchev–Trinajstić information content (AvgIpc) is 2.82. The van der Waals surface area contributed by atoms with Crippen molar-refractivity contribution in [3.05, 3.63) is 17.7 Å². The first-order valence-corrected chi connectivity index (χ1v) is 7.40. The Morgan fingerprint density at radius 3 is 2.45 bits per heavy atom. The second-order valence-electron chi connectivity index (χ2n) is 4.58. The Balaban J connectivity index is 0.00000200. The summed E-state index contributed by atoms with van der Waals surface area (Å²) in [6.45, 7) is 3.88. The van der Waals surface area contributed by atoms with E-state index < -0.39 is 10.0 Å². The van der Waals surface area contributed by atoms with Crippen molar-refractivity contribution in [1.82, 2.24) is 4.31 Å². The van der Waals surface area contributed by atoms with Gasteiger partial charge in [0.2, 0.25) is 16.8 Å². The second kappa shape index (κ2) is 6.17. The van der Waals surface area contributed by atoms with Crippen LogP contribution in [0.1, 0.15) is 12.5 Å². The van der Waals surface area contributed by atoms with Gasteiger partial charge in [-0.1, -0.05) is 0 Å². The van der Waals surface area contributed by atoms with Crippen molar-refractivity contribution in [2.45, 2.75) is 24.8 Å². The van der Waals surface area contributed by atoms with Crippen LogP contribution in [0.2, 0.25) is 0 Å². The van der Waals surface area contributed by atoms with Gasteiger partial charge in [0.15, 0.2) is 11.5 Å². The Morgan fingerprint density at radius 1 is 1.35 bits per heavy atom. The van der Waals surface area contributed by atoms with E-state index in [0.717, 1.165) is 0 Å². The van der Waals surface area contributed by atoms with E-state index in [1.165, 1.54) is 17.4 Å². The summed E-state index contributed by atoms with van der Waals surface area (Å²) in [4.78, 5) is 0.222. The Hall–Kier alpha value is -1.02. The number of fused-ring (bicyclic) bond motifs is 1. The van der Waals surface area contributed by atoms with E-state index in [2.05, 4.69) is 0 Å². The van der Waals surface area contributed by atoms with Gasteiger partial charge in [-0.2, -0.15) is 4.31 Å². The molecule has 0 saturated heterocycles. The summed E-state index contributed by atoms with van der Waals surface area (Å²) in [5.74, 6) is 1.03. The molecule has 0 spiro atoms. The molecule has 0 radical (unpaired) electrons. The molecule has 0 aliphatic carbocycles. The van der Waals surface area contributed by atoms with Crippen molar-refractivity contribution in [3.8, 4) is 11.5 Å². The second-order valence-corrected chi connectivity index (χ2v) is 6.54. The van der Waals surface area contributed by atoms with Crippen molar-refractivity contribution in [2.75, 3.05) is 20.4 Å². The molecule has 1 unspecified atom stereocenters. The third kappa shape index (κ3) is 2.85. The Morgan fingerprint density at radius 2 is 1.90 bits per heavy atom. The quantitative estimate of drug-likeness (QED) is 0.898. The van der Waals surface area contributed by atoms with Gasteiger partial charge < -0.3 is 15.2 Å². The largest absolute Gasteiger partial charge is 0.454 e. The summed E-state index contributed by atoms with van der Waals surface area (Å²) in [6.07, 6.45) is 0. The molecular formula is C12H19ClN2O4S. The van der Waals surface area contributed by atoms with E-state index in [9.17, 15) is 8.42 Å². The van der Waals surface area contributed by atoms with Crippen molar-refractivity contribution < 1.29 is 17.9 Å². The van der Waals surface area contributed by atoms with Crippen LogP contribution in [0.5, 0.6) is 11.5 Å². The van der Waals surface area contributed by atoms with Gasteiger partial charge in [-0.25, -0.2) is 8.42 Å². The predicted octanol–water partition coefficient (Wildman–Crippen LogP) is 1.11. The zero-order valence-corrected chi connectivity index (χ0v) is 13.3. The van der Waals surface area contributed by atoms with Crippen molar-refractivity contribution in [1.29, 1.82) is 0 Å². The number of benzene rings is 1. The summed E-state index contributed by atoms with van der Waals surface area (Å²) < 4.78 is 36.8. The van der Waals surface area contributed by atoms with Crippen LogP contribution < -0.4 is 15.2 Å². The molecule has 1 heterocycles. The van der Waals surface area contributed by atoms with Gasteiger partial charge in [-0.05, 0) is 25.5 Å². The average molecular weight is 323 g/mol. The molecule has 1 aromatic carbocycles. The van der Waals surface area contributed by atoms with Gasteiger partial charge in [0.05, 0.1) is 4.90 Å². The third-order valence-electron chi connectivity index (χ3n) is 3.29. The molecular weight excluding hydrogens is 304 g/mol. The maximum Gasteiger partial charge on any atom is 0.243 e. The van der Waals surface area contributed by atoms with E-state index in [0.29, 0.717) is 17.1 Å². The number of likely N-dealkylation sites (N-methyl/N-ethyl adjacent to an activating group) is 1. The van der Waals surface area contributed by atoms with E-state index in [4.69, 9.17) is 15.2 Å².